The van der Waals surface area contributed by atoms with Crippen molar-refractivity contribution in [3.8, 4) is 0 Å². The zero-order valence-electron chi connectivity index (χ0n) is 9.41. The first-order valence-corrected chi connectivity index (χ1v) is 6.73. The van der Waals surface area contributed by atoms with Crippen LogP contribution in [0.4, 0.5) is 10.1 Å². The molecule has 1 aromatic rings. The number of nitrogens with two attached hydrogens (primary N) is 1. The highest BCUT2D eigenvalue weighted by atomic mass is 32.2. The summed E-state index contributed by atoms with van der Waals surface area (Å²) in [7, 11) is 0. The van der Waals surface area contributed by atoms with Crippen LogP contribution in [0.3, 0.4) is 0 Å². The number of hydrogen-bond acceptors (Lipinski definition) is 3. The Labute approximate surface area is 104 Å². The van der Waals surface area contributed by atoms with E-state index in [1.807, 2.05) is 11.8 Å². The molecule has 0 aromatic heterocycles. The van der Waals surface area contributed by atoms with Gasteiger partial charge in [-0.3, -0.25) is 4.79 Å². The van der Waals surface area contributed by atoms with Gasteiger partial charge in [0, 0.05) is 12.2 Å². The summed E-state index contributed by atoms with van der Waals surface area (Å²) < 4.78 is 12.8. The fourth-order valence-corrected chi connectivity index (χ4v) is 3.10. The number of halogens is 1. The van der Waals surface area contributed by atoms with Crippen molar-refractivity contribution in [1.29, 1.82) is 0 Å². The molecule has 1 aliphatic rings. The van der Waals surface area contributed by atoms with Gasteiger partial charge in [-0.05, 0) is 42.0 Å². The van der Waals surface area contributed by atoms with Gasteiger partial charge in [0.25, 0.3) is 5.91 Å². The van der Waals surface area contributed by atoms with Crippen LogP contribution in [0.2, 0.25) is 0 Å². The summed E-state index contributed by atoms with van der Waals surface area (Å²) in [5.74, 6) is 2.16. The van der Waals surface area contributed by atoms with Crippen molar-refractivity contribution < 1.29 is 9.18 Å². The van der Waals surface area contributed by atoms with Crippen LogP contribution in [-0.4, -0.2) is 24.0 Å². The number of nitrogens with one attached hydrogen (secondary N) is 1. The minimum atomic E-state index is -0.425. The van der Waals surface area contributed by atoms with Crippen LogP contribution >= 0.6 is 11.8 Å². The lowest BCUT2D eigenvalue weighted by molar-refractivity contribution is 0.0949. The number of amides is 1. The van der Waals surface area contributed by atoms with E-state index in [1.165, 1.54) is 24.0 Å². The second kappa shape index (κ2) is 5.40. The van der Waals surface area contributed by atoms with Gasteiger partial charge in [0.2, 0.25) is 0 Å². The van der Waals surface area contributed by atoms with Crippen molar-refractivity contribution >= 4 is 23.4 Å². The van der Waals surface area contributed by atoms with Crippen LogP contribution in [0.5, 0.6) is 0 Å². The first-order valence-electron chi connectivity index (χ1n) is 5.58. The van der Waals surface area contributed by atoms with Gasteiger partial charge < -0.3 is 11.1 Å². The maximum absolute atomic E-state index is 12.8. The van der Waals surface area contributed by atoms with Crippen LogP contribution < -0.4 is 11.1 Å². The molecule has 1 aliphatic heterocycles. The molecule has 1 saturated heterocycles. The highest BCUT2D eigenvalue weighted by Gasteiger charge is 2.17. The molecule has 0 bridgehead atoms. The number of carbonyl (C=O) groups is 1. The number of nitrogen functional groups attached to an aromatic ring is 1. The molecule has 5 heteroatoms. The van der Waals surface area contributed by atoms with Gasteiger partial charge in [-0.2, -0.15) is 11.8 Å². The van der Waals surface area contributed by atoms with E-state index in [1.54, 1.807) is 0 Å². The lowest BCUT2D eigenvalue weighted by atomic mass is 10.1. The molecule has 1 amide bonds. The van der Waals surface area contributed by atoms with Gasteiger partial charge in [-0.1, -0.05) is 0 Å². The quantitative estimate of drug-likeness (QED) is 0.810. The smallest absolute Gasteiger partial charge is 0.253 e. The Balaban J connectivity index is 1.94. The molecule has 1 atom stereocenters. The summed E-state index contributed by atoms with van der Waals surface area (Å²) >= 11 is 1.91. The molecule has 0 radical (unpaired) electrons. The second-order valence-corrected chi connectivity index (χ2v) is 5.32. The second-order valence-electron chi connectivity index (χ2n) is 4.17. The van der Waals surface area contributed by atoms with E-state index in [9.17, 15) is 9.18 Å². The summed E-state index contributed by atoms with van der Waals surface area (Å²) in [5.41, 5.74) is 6.13. The summed E-state index contributed by atoms with van der Waals surface area (Å²) in [6.45, 7) is 0.669. The van der Waals surface area contributed by atoms with Crippen molar-refractivity contribution in [3.63, 3.8) is 0 Å². The Bertz CT molecular complexity index is 419. The fourth-order valence-electron chi connectivity index (χ4n) is 1.82. The zero-order valence-corrected chi connectivity index (χ0v) is 10.2. The number of thioether (sulfide) groups is 1. The Kier molecular flexibility index (Phi) is 3.89. The molecule has 17 heavy (non-hydrogen) atoms. The number of benzene rings is 1. The molecule has 2 rings (SSSR count). The predicted molar refractivity (Wildman–Crippen MR) is 68.6 cm³/mol. The van der Waals surface area contributed by atoms with Crippen LogP contribution in [0.25, 0.3) is 0 Å². The SMILES string of the molecule is Nc1cc(F)ccc1C(=O)NCC1CCSC1. The van der Waals surface area contributed by atoms with Gasteiger partial charge in [0.05, 0.1) is 5.56 Å². The first kappa shape index (κ1) is 12.2. The molecule has 1 unspecified atom stereocenters. The van der Waals surface area contributed by atoms with E-state index < -0.39 is 5.82 Å². The van der Waals surface area contributed by atoms with Crippen LogP contribution in [0.15, 0.2) is 18.2 Å². The van der Waals surface area contributed by atoms with Gasteiger partial charge in [-0.25, -0.2) is 4.39 Å². The van der Waals surface area contributed by atoms with E-state index in [0.717, 1.165) is 12.2 Å². The van der Waals surface area contributed by atoms with Crippen molar-refractivity contribution in [2.75, 3.05) is 23.8 Å². The van der Waals surface area contributed by atoms with E-state index >= 15 is 0 Å². The minimum absolute atomic E-state index is 0.184. The Hall–Kier alpha value is -1.23. The normalized spacial score (nSPS) is 19.2. The Morgan fingerprint density at radius 2 is 2.41 bits per heavy atom. The predicted octanol–water partition coefficient (Wildman–Crippen LogP) is 1.89. The van der Waals surface area contributed by atoms with Crippen molar-refractivity contribution in [3.05, 3.63) is 29.6 Å². The Morgan fingerprint density at radius 1 is 1.59 bits per heavy atom. The summed E-state index contributed by atoms with van der Waals surface area (Å²) in [4.78, 5) is 11.8. The summed E-state index contributed by atoms with van der Waals surface area (Å²) in [6.07, 6.45) is 1.14. The maximum atomic E-state index is 12.8. The monoisotopic (exact) mass is 254 g/mol. The molecule has 1 heterocycles. The molecular formula is C12H15FN2OS. The molecule has 3 nitrogen and oxygen atoms in total. The lowest BCUT2D eigenvalue weighted by Gasteiger charge is -2.11. The zero-order chi connectivity index (χ0) is 12.3. The van der Waals surface area contributed by atoms with Gasteiger partial charge in [-0.15, -0.1) is 0 Å². The molecule has 0 spiro atoms. The fraction of sp³-hybridized carbons (Fsp3) is 0.417. The van der Waals surface area contributed by atoms with E-state index in [-0.39, 0.29) is 11.6 Å². The van der Waals surface area contributed by atoms with Gasteiger partial charge in [0.1, 0.15) is 5.82 Å². The van der Waals surface area contributed by atoms with Gasteiger partial charge >= 0.3 is 0 Å². The molecule has 3 N–H and O–H groups in total. The molecular weight excluding hydrogens is 239 g/mol. The van der Waals surface area contributed by atoms with E-state index in [4.69, 9.17) is 5.73 Å². The number of rotatable bonds is 3. The van der Waals surface area contributed by atoms with Gasteiger partial charge in [0.15, 0.2) is 0 Å². The third kappa shape index (κ3) is 3.12. The lowest BCUT2D eigenvalue weighted by Crippen LogP contribution is -2.29. The first-order chi connectivity index (χ1) is 8.16. The van der Waals surface area contributed by atoms with Crippen molar-refractivity contribution in [1.82, 2.24) is 5.32 Å². The highest BCUT2D eigenvalue weighted by Crippen LogP contribution is 2.22. The summed E-state index contributed by atoms with van der Waals surface area (Å²) in [6, 6.07) is 3.83. The molecule has 92 valence electrons. The Morgan fingerprint density at radius 3 is 3.06 bits per heavy atom. The molecule has 0 saturated carbocycles. The number of hydrogen-bond donors (Lipinski definition) is 2. The van der Waals surface area contributed by atoms with Crippen LogP contribution in [0, 0.1) is 11.7 Å². The molecule has 1 aromatic carbocycles. The van der Waals surface area contributed by atoms with Crippen LogP contribution in [-0.2, 0) is 0 Å². The third-order valence-electron chi connectivity index (χ3n) is 2.83. The number of carbonyl (C=O) groups excluding carboxylic acids is 1. The highest BCUT2D eigenvalue weighted by molar-refractivity contribution is 7.99. The van der Waals surface area contributed by atoms with Crippen LogP contribution in [0.1, 0.15) is 16.8 Å². The van der Waals surface area contributed by atoms with E-state index in [2.05, 4.69) is 5.32 Å². The third-order valence-corrected chi connectivity index (χ3v) is 4.07. The average Bonchev–Trinajstić information content (AvgIpc) is 2.78. The molecule has 1 fully saturated rings. The van der Waals surface area contributed by atoms with E-state index in [0.29, 0.717) is 18.0 Å². The maximum Gasteiger partial charge on any atom is 0.253 e. The topological polar surface area (TPSA) is 55.1 Å². The average molecular weight is 254 g/mol. The number of anilines is 1. The van der Waals surface area contributed by atoms with Crippen molar-refractivity contribution in [2.24, 2.45) is 5.92 Å². The standard InChI is InChI=1S/C12H15FN2OS/c13-9-1-2-10(11(14)5-9)12(16)15-6-8-3-4-17-7-8/h1-2,5,8H,3-4,6-7,14H2,(H,15,16). The van der Waals surface area contributed by atoms with Crippen molar-refractivity contribution in [2.45, 2.75) is 6.42 Å². The minimum Gasteiger partial charge on any atom is -0.398 e. The summed E-state index contributed by atoms with van der Waals surface area (Å²) in [5, 5.41) is 2.85. The largest absolute Gasteiger partial charge is 0.398 e. The molecule has 0 aliphatic carbocycles.